The molecule has 0 atom stereocenters. The van der Waals surface area contributed by atoms with Crippen molar-refractivity contribution in [2.75, 3.05) is 0 Å². The quantitative estimate of drug-likeness (QED) is 0.250. The Morgan fingerprint density at radius 1 is 1.14 bits per heavy atom. The van der Waals surface area contributed by atoms with Crippen molar-refractivity contribution in [2.45, 2.75) is 0 Å². The molecule has 0 saturated heterocycles. The molecule has 0 bridgehead atoms. The Labute approximate surface area is 51.1 Å². The van der Waals surface area contributed by atoms with E-state index >= 15 is 0 Å². The minimum Gasteiger partial charge on any atom is -2.00 e. The van der Waals surface area contributed by atoms with Gasteiger partial charge in [0.1, 0.15) is 0 Å². The van der Waals surface area contributed by atoms with E-state index in [0.717, 1.165) is 0 Å². The normalized spacial score (nSPS) is 8.29. The van der Waals surface area contributed by atoms with E-state index < -0.39 is 10.4 Å². The van der Waals surface area contributed by atoms with Crippen LogP contribution in [0.5, 0.6) is 0 Å². The Kier molecular flexibility index (Phi) is 10.1. The molecule has 0 fully saturated rings. The first-order valence-electron chi connectivity index (χ1n) is 0.667. The third-order valence-corrected chi connectivity index (χ3v) is 0. The standard InChI is InChI=1S/Fe.H2O4S.O/c;1-5(2,3)4;/h;(H2,1,2,3,4);/q+4;;-2/p-2. The fourth-order valence-corrected chi connectivity index (χ4v) is 0. The fraction of sp³-hybridized carbons (Fsp3) is 0. The average molecular weight is 168 g/mol. The molecule has 0 aliphatic carbocycles. The van der Waals surface area contributed by atoms with Crippen molar-refractivity contribution >= 4 is 10.4 Å². The second-order valence-electron chi connectivity index (χ2n) is 0.408. The van der Waals surface area contributed by atoms with E-state index in [4.69, 9.17) is 17.5 Å². The van der Waals surface area contributed by atoms with Crippen LogP contribution in [0.3, 0.4) is 0 Å². The summed E-state index contributed by atoms with van der Waals surface area (Å²) < 4.78 is 34.1. The van der Waals surface area contributed by atoms with Crippen LogP contribution in [0.4, 0.5) is 0 Å². The molecule has 0 radical (unpaired) electrons. The van der Waals surface area contributed by atoms with Crippen molar-refractivity contribution in [3.63, 3.8) is 0 Å². The molecular weight excluding hydrogens is 168 g/mol. The third kappa shape index (κ3) is 983. The van der Waals surface area contributed by atoms with Gasteiger partial charge in [0.25, 0.3) is 0 Å². The Hall–Kier alpha value is 0.349. The second kappa shape index (κ2) is 4.51. The van der Waals surface area contributed by atoms with Gasteiger partial charge in [-0.3, -0.25) is 8.42 Å². The molecule has 0 unspecified atom stereocenters. The Balaban J connectivity index is -0.0000000800. The first kappa shape index (κ1) is 15.7. The molecule has 0 aliphatic heterocycles. The van der Waals surface area contributed by atoms with Gasteiger partial charge in [0, 0.05) is 10.4 Å². The summed E-state index contributed by atoms with van der Waals surface area (Å²) in [6.45, 7) is 0. The summed E-state index contributed by atoms with van der Waals surface area (Å²) in [6.07, 6.45) is 0. The summed E-state index contributed by atoms with van der Waals surface area (Å²) in [4.78, 5) is 0. The predicted octanol–water partition coefficient (Wildman–Crippen LogP) is -1.46. The Morgan fingerprint density at radius 3 is 1.14 bits per heavy atom. The van der Waals surface area contributed by atoms with Crippen LogP contribution >= 0.6 is 0 Å². The molecule has 0 aliphatic rings. The van der Waals surface area contributed by atoms with Crippen LogP contribution < -0.4 is 0 Å². The van der Waals surface area contributed by atoms with Crippen LogP contribution in [-0.2, 0) is 32.9 Å². The van der Waals surface area contributed by atoms with E-state index in [9.17, 15) is 0 Å². The molecule has 7 heavy (non-hydrogen) atoms. The topological polar surface area (TPSA) is 109 Å². The van der Waals surface area contributed by atoms with Crippen LogP contribution in [0.2, 0.25) is 0 Å². The third-order valence-electron chi connectivity index (χ3n) is 0. The van der Waals surface area contributed by atoms with Crippen LogP contribution in [0.25, 0.3) is 0 Å². The molecule has 5 nitrogen and oxygen atoms in total. The van der Waals surface area contributed by atoms with Gasteiger partial charge in [-0.15, -0.1) is 0 Å². The van der Waals surface area contributed by atoms with Gasteiger partial charge in [0.2, 0.25) is 0 Å². The average Bonchev–Trinajstić information content (AvgIpc) is 0.722. The smallest absolute Gasteiger partial charge is 2.00 e. The summed E-state index contributed by atoms with van der Waals surface area (Å²) in [7, 11) is -5.17. The minimum absolute atomic E-state index is 0. The molecule has 0 saturated carbocycles. The van der Waals surface area contributed by atoms with Gasteiger partial charge in [0.05, 0.1) is 0 Å². The van der Waals surface area contributed by atoms with E-state index in [-0.39, 0.29) is 22.5 Å². The van der Waals surface area contributed by atoms with Crippen LogP contribution in [-0.4, -0.2) is 17.5 Å². The molecule has 0 aromatic heterocycles. The van der Waals surface area contributed by atoms with Gasteiger partial charge in [-0.1, -0.05) is 0 Å². The summed E-state index contributed by atoms with van der Waals surface area (Å²) in [5, 5.41) is 0. The van der Waals surface area contributed by atoms with Crippen molar-refractivity contribution in [1.82, 2.24) is 0 Å². The summed E-state index contributed by atoms with van der Waals surface area (Å²) >= 11 is 0. The zero-order valence-corrected chi connectivity index (χ0v) is 4.72. The van der Waals surface area contributed by atoms with E-state index in [0.29, 0.717) is 0 Å². The SMILES string of the molecule is O=S(=O)([O-])[O-].[Fe+4].[O-2]. The van der Waals surface area contributed by atoms with Crippen molar-refractivity contribution in [2.24, 2.45) is 0 Å². The maximum absolute atomic E-state index is 8.52. The predicted molar refractivity (Wildman–Crippen MR) is 11.2 cm³/mol. The first-order valence-corrected chi connectivity index (χ1v) is 2.00. The minimum atomic E-state index is -5.17. The van der Waals surface area contributed by atoms with Crippen LogP contribution in [0.15, 0.2) is 0 Å². The summed E-state index contributed by atoms with van der Waals surface area (Å²) in [5.74, 6) is 0. The summed E-state index contributed by atoms with van der Waals surface area (Å²) in [5.41, 5.74) is 0. The molecular formula is FeO5S. The molecule has 0 aromatic carbocycles. The fourth-order valence-electron chi connectivity index (χ4n) is 0. The second-order valence-corrected chi connectivity index (χ2v) is 1.22. The van der Waals surface area contributed by atoms with Gasteiger partial charge >= 0.3 is 17.1 Å². The molecule has 0 rings (SSSR count). The van der Waals surface area contributed by atoms with Crippen LogP contribution in [0, 0.1) is 0 Å². The zero-order chi connectivity index (χ0) is 4.50. The molecule has 0 spiro atoms. The number of hydrogen-bond acceptors (Lipinski definition) is 4. The maximum atomic E-state index is 8.52. The van der Waals surface area contributed by atoms with Crippen molar-refractivity contribution < 1.29 is 40.1 Å². The van der Waals surface area contributed by atoms with E-state index in [2.05, 4.69) is 0 Å². The van der Waals surface area contributed by atoms with Gasteiger partial charge in [-0.2, -0.15) is 0 Å². The summed E-state index contributed by atoms with van der Waals surface area (Å²) in [6, 6.07) is 0. The Morgan fingerprint density at radius 2 is 1.14 bits per heavy atom. The molecule has 0 aromatic rings. The van der Waals surface area contributed by atoms with Crippen molar-refractivity contribution in [1.29, 1.82) is 0 Å². The van der Waals surface area contributed by atoms with Gasteiger partial charge in [0.15, 0.2) is 0 Å². The van der Waals surface area contributed by atoms with E-state index in [1.165, 1.54) is 0 Å². The first-order chi connectivity index (χ1) is 2.00. The van der Waals surface area contributed by atoms with E-state index in [1.54, 1.807) is 0 Å². The zero-order valence-electron chi connectivity index (χ0n) is 2.80. The van der Waals surface area contributed by atoms with Gasteiger partial charge in [-0.25, -0.2) is 0 Å². The van der Waals surface area contributed by atoms with Crippen LogP contribution in [0.1, 0.15) is 0 Å². The van der Waals surface area contributed by atoms with E-state index in [1.807, 2.05) is 0 Å². The molecule has 0 amide bonds. The number of hydrogen-bond donors (Lipinski definition) is 0. The molecule has 7 heteroatoms. The molecule has 0 heterocycles. The molecule has 44 valence electrons. The molecule has 0 N–H and O–H groups in total. The Bertz CT molecular complexity index is 91.2. The maximum Gasteiger partial charge on any atom is 4.00 e. The van der Waals surface area contributed by atoms with Crippen molar-refractivity contribution in [3.8, 4) is 0 Å². The van der Waals surface area contributed by atoms with Gasteiger partial charge in [-0.05, 0) is 0 Å². The van der Waals surface area contributed by atoms with Gasteiger partial charge < -0.3 is 14.6 Å². The number of rotatable bonds is 0. The van der Waals surface area contributed by atoms with Crippen molar-refractivity contribution in [3.05, 3.63) is 0 Å². The largest absolute Gasteiger partial charge is 4.00 e. The monoisotopic (exact) mass is 168 g/mol.